The number of rotatable bonds is 8. The zero-order chi connectivity index (χ0) is 16.5. The Hall–Kier alpha value is -1.65. The fourth-order valence-corrected chi connectivity index (χ4v) is 2.13. The first kappa shape index (κ1) is 20.4. The maximum Gasteiger partial charge on any atom is 0.191 e. The van der Waals surface area contributed by atoms with Crippen molar-refractivity contribution in [3.63, 3.8) is 0 Å². The van der Waals surface area contributed by atoms with Crippen molar-refractivity contribution in [3.05, 3.63) is 29.7 Å². The summed E-state index contributed by atoms with van der Waals surface area (Å²) in [6.45, 7) is 8.96. The van der Waals surface area contributed by atoms with Crippen LogP contribution in [0.15, 0.2) is 21.9 Å². The van der Waals surface area contributed by atoms with E-state index in [2.05, 4.69) is 37.9 Å². The Morgan fingerprint density at radius 1 is 1.25 bits per heavy atom. The number of hydrogen-bond acceptors (Lipinski definition) is 5. The Morgan fingerprint density at radius 3 is 2.75 bits per heavy atom. The van der Waals surface area contributed by atoms with Crippen molar-refractivity contribution in [2.24, 2.45) is 4.99 Å². The summed E-state index contributed by atoms with van der Waals surface area (Å²) in [6, 6.07) is 1.94. The van der Waals surface area contributed by atoms with Crippen LogP contribution in [-0.4, -0.2) is 39.0 Å². The number of aryl methyl sites for hydroxylation is 2. The lowest BCUT2D eigenvalue weighted by Crippen LogP contribution is -2.38. The minimum atomic E-state index is 0. The average molecular weight is 447 g/mol. The number of nitrogens with one attached hydrogen (secondary N) is 2. The number of nitrogens with zero attached hydrogens (tertiary/aromatic N) is 5. The van der Waals surface area contributed by atoms with Gasteiger partial charge in [0.15, 0.2) is 11.7 Å². The van der Waals surface area contributed by atoms with E-state index in [1.54, 1.807) is 6.33 Å². The van der Waals surface area contributed by atoms with Gasteiger partial charge in [0.2, 0.25) is 0 Å². The number of halogens is 1. The van der Waals surface area contributed by atoms with E-state index in [-0.39, 0.29) is 24.0 Å². The molecule has 24 heavy (non-hydrogen) atoms. The molecule has 2 heterocycles. The van der Waals surface area contributed by atoms with Gasteiger partial charge in [-0.25, -0.2) is 4.99 Å². The first-order valence-corrected chi connectivity index (χ1v) is 8.10. The van der Waals surface area contributed by atoms with Crippen molar-refractivity contribution in [3.8, 4) is 0 Å². The summed E-state index contributed by atoms with van der Waals surface area (Å²) in [5.74, 6) is 2.52. The molecule has 134 valence electrons. The van der Waals surface area contributed by atoms with E-state index in [1.807, 2.05) is 24.5 Å². The Kier molecular flexibility index (Phi) is 9.35. The van der Waals surface area contributed by atoms with Crippen LogP contribution in [0.2, 0.25) is 0 Å². The van der Waals surface area contributed by atoms with Crippen LogP contribution in [0.3, 0.4) is 0 Å². The van der Waals surface area contributed by atoms with Crippen molar-refractivity contribution >= 4 is 29.9 Å². The molecule has 0 aliphatic carbocycles. The van der Waals surface area contributed by atoms with Crippen molar-refractivity contribution in [2.45, 2.75) is 46.7 Å². The molecule has 9 heteroatoms. The van der Waals surface area contributed by atoms with Crippen LogP contribution in [0, 0.1) is 0 Å². The summed E-state index contributed by atoms with van der Waals surface area (Å²) < 4.78 is 7.29. The molecule has 2 aromatic rings. The van der Waals surface area contributed by atoms with E-state index in [0.717, 1.165) is 55.7 Å². The maximum atomic E-state index is 5.24. The Bertz CT molecular complexity index is 623. The van der Waals surface area contributed by atoms with Crippen LogP contribution in [0.4, 0.5) is 0 Å². The van der Waals surface area contributed by atoms with Crippen molar-refractivity contribution in [1.82, 2.24) is 30.6 Å². The van der Waals surface area contributed by atoms with Crippen LogP contribution < -0.4 is 10.6 Å². The van der Waals surface area contributed by atoms with E-state index in [0.29, 0.717) is 6.54 Å². The van der Waals surface area contributed by atoms with E-state index in [4.69, 9.17) is 4.52 Å². The molecular weight excluding hydrogens is 421 g/mol. The van der Waals surface area contributed by atoms with Crippen molar-refractivity contribution in [1.29, 1.82) is 0 Å². The van der Waals surface area contributed by atoms with Gasteiger partial charge in [-0.05, 0) is 13.3 Å². The van der Waals surface area contributed by atoms with Gasteiger partial charge in [0, 0.05) is 32.1 Å². The van der Waals surface area contributed by atoms with Gasteiger partial charge in [0.25, 0.3) is 0 Å². The second-order valence-corrected chi connectivity index (χ2v) is 5.05. The predicted molar refractivity (Wildman–Crippen MR) is 104 cm³/mol. The minimum absolute atomic E-state index is 0. The van der Waals surface area contributed by atoms with Gasteiger partial charge in [-0.15, -0.1) is 34.2 Å². The Balaban J connectivity index is 0.00000288. The SMILES string of the molecule is CCNC(=NCc1cc(CC)no1)NCCn1cnnc1CC.I. The summed E-state index contributed by atoms with van der Waals surface area (Å²) in [5, 5.41) is 18.5. The molecular formula is C15H26IN7O. The van der Waals surface area contributed by atoms with Crippen molar-refractivity contribution in [2.75, 3.05) is 13.1 Å². The fraction of sp³-hybridized carbons (Fsp3) is 0.600. The van der Waals surface area contributed by atoms with Gasteiger partial charge in [-0.2, -0.15) is 0 Å². The minimum Gasteiger partial charge on any atom is -0.359 e. The van der Waals surface area contributed by atoms with Gasteiger partial charge in [0.05, 0.1) is 5.69 Å². The standard InChI is InChI=1S/C15H25N7O.HI/c1-4-12-9-13(23-21-12)10-18-15(16-6-3)17-7-8-22-11-19-20-14(22)5-2;/h9,11H,4-8,10H2,1-3H3,(H2,16,17,18);1H. The lowest BCUT2D eigenvalue weighted by atomic mass is 10.3. The smallest absolute Gasteiger partial charge is 0.191 e. The highest BCUT2D eigenvalue weighted by Crippen LogP contribution is 2.05. The molecule has 2 aromatic heterocycles. The van der Waals surface area contributed by atoms with Crippen molar-refractivity contribution < 1.29 is 4.52 Å². The van der Waals surface area contributed by atoms with Gasteiger partial charge < -0.3 is 19.7 Å². The zero-order valence-electron chi connectivity index (χ0n) is 14.4. The van der Waals surface area contributed by atoms with Crippen LogP contribution in [0.1, 0.15) is 38.0 Å². The van der Waals surface area contributed by atoms with Gasteiger partial charge in [-0.1, -0.05) is 19.0 Å². The van der Waals surface area contributed by atoms with Gasteiger partial charge in [0.1, 0.15) is 18.7 Å². The summed E-state index contributed by atoms with van der Waals surface area (Å²) in [5.41, 5.74) is 0.952. The molecule has 0 amide bonds. The molecule has 0 atom stereocenters. The number of aliphatic imine (C=N–C) groups is 1. The monoisotopic (exact) mass is 447 g/mol. The molecule has 8 nitrogen and oxygen atoms in total. The lowest BCUT2D eigenvalue weighted by Gasteiger charge is -2.11. The summed E-state index contributed by atoms with van der Waals surface area (Å²) >= 11 is 0. The summed E-state index contributed by atoms with van der Waals surface area (Å²) in [4.78, 5) is 4.51. The van der Waals surface area contributed by atoms with Crippen LogP contribution in [0.5, 0.6) is 0 Å². The average Bonchev–Trinajstić information content (AvgIpc) is 3.21. The third kappa shape index (κ3) is 6.10. The zero-order valence-corrected chi connectivity index (χ0v) is 16.8. The van der Waals surface area contributed by atoms with E-state index >= 15 is 0 Å². The first-order chi connectivity index (χ1) is 11.3. The molecule has 0 saturated heterocycles. The Labute approximate surface area is 159 Å². The molecule has 0 aliphatic rings. The summed E-state index contributed by atoms with van der Waals surface area (Å²) in [7, 11) is 0. The van der Waals surface area contributed by atoms with E-state index in [9.17, 15) is 0 Å². The molecule has 2 rings (SSSR count). The molecule has 2 N–H and O–H groups in total. The predicted octanol–water partition coefficient (Wildman–Crippen LogP) is 1.76. The molecule has 0 radical (unpaired) electrons. The normalized spacial score (nSPS) is 11.2. The second kappa shape index (κ2) is 11.0. The van der Waals surface area contributed by atoms with Crippen LogP contribution in [-0.2, 0) is 25.9 Å². The highest BCUT2D eigenvalue weighted by atomic mass is 127. The highest BCUT2D eigenvalue weighted by molar-refractivity contribution is 14.0. The molecule has 0 bridgehead atoms. The van der Waals surface area contributed by atoms with E-state index in [1.165, 1.54) is 0 Å². The van der Waals surface area contributed by atoms with Crippen LogP contribution >= 0.6 is 24.0 Å². The molecule has 0 saturated carbocycles. The molecule has 0 aromatic carbocycles. The van der Waals surface area contributed by atoms with Gasteiger partial charge >= 0.3 is 0 Å². The number of hydrogen-bond donors (Lipinski definition) is 2. The molecule has 0 aliphatic heterocycles. The highest BCUT2D eigenvalue weighted by Gasteiger charge is 2.04. The summed E-state index contributed by atoms with van der Waals surface area (Å²) in [6.07, 6.45) is 3.50. The topological polar surface area (TPSA) is 93.2 Å². The maximum absolute atomic E-state index is 5.24. The first-order valence-electron chi connectivity index (χ1n) is 8.10. The fourth-order valence-electron chi connectivity index (χ4n) is 2.13. The van der Waals surface area contributed by atoms with Crippen LogP contribution in [0.25, 0.3) is 0 Å². The second-order valence-electron chi connectivity index (χ2n) is 5.05. The van der Waals surface area contributed by atoms with E-state index < -0.39 is 0 Å². The molecule has 0 unspecified atom stereocenters. The third-order valence-electron chi connectivity index (χ3n) is 3.36. The van der Waals surface area contributed by atoms with Gasteiger partial charge in [-0.3, -0.25) is 0 Å². The molecule has 0 spiro atoms. The third-order valence-corrected chi connectivity index (χ3v) is 3.36. The Morgan fingerprint density at radius 2 is 2.08 bits per heavy atom. The largest absolute Gasteiger partial charge is 0.359 e. The molecule has 0 fully saturated rings. The number of guanidine groups is 1. The quantitative estimate of drug-likeness (QED) is 0.364. The lowest BCUT2D eigenvalue weighted by molar-refractivity contribution is 0.379. The number of aromatic nitrogens is 4.